The van der Waals surface area contributed by atoms with E-state index in [2.05, 4.69) is 48.9 Å². The molecule has 1 atom stereocenters. The lowest BCUT2D eigenvalue weighted by Gasteiger charge is -2.26. The number of aryl methyl sites for hydroxylation is 2. The van der Waals surface area contributed by atoms with Crippen LogP contribution in [0.1, 0.15) is 17.5 Å². The predicted molar refractivity (Wildman–Crippen MR) is 78.2 cm³/mol. The van der Waals surface area contributed by atoms with E-state index in [0.717, 1.165) is 26.2 Å². The van der Waals surface area contributed by atoms with Gasteiger partial charge in [0.2, 0.25) is 0 Å². The molecule has 0 amide bonds. The maximum Gasteiger partial charge on any atom is 0.0426 e. The Kier molecular flexibility index (Phi) is 4.25. The molecule has 18 heavy (non-hydrogen) atoms. The molecule has 1 aliphatic rings. The number of anilines is 1. The van der Waals surface area contributed by atoms with Crippen LogP contribution in [0.4, 0.5) is 5.69 Å². The molecule has 1 aromatic carbocycles. The standard InChI is InChI=1S/C15H25N3/c1-12-5-4-6-13(2)15(12)18-9-7-14(11-18)17(3)10-8-16/h4-6,14H,7-11,16H2,1-3H3. The van der Waals surface area contributed by atoms with Crippen LogP contribution in [0.15, 0.2) is 18.2 Å². The summed E-state index contributed by atoms with van der Waals surface area (Å²) in [7, 11) is 2.19. The second-order valence-corrected chi connectivity index (χ2v) is 5.40. The van der Waals surface area contributed by atoms with Gasteiger partial charge in [-0.3, -0.25) is 0 Å². The first-order valence-corrected chi connectivity index (χ1v) is 6.85. The minimum atomic E-state index is 0.646. The van der Waals surface area contributed by atoms with Crippen molar-refractivity contribution in [1.29, 1.82) is 0 Å². The monoisotopic (exact) mass is 247 g/mol. The lowest BCUT2D eigenvalue weighted by Crippen LogP contribution is -2.37. The summed E-state index contributed by atoms with van der Waals surface area (Å²) in [6.45, 7) is 8.44. The molecule has 2 N–H and O–H groups in total. The molecule has 3 nitrogen and oxygen atoms in total. The zero-order valence-corrected chi connectivity index (χ0v) is 11.8. The van der Waals surface area contributed by atoms with Gasteiger partial charge in [-0.15, -0.1) is 0 Å². The van der Waals surface area contributed by atoms with Gasteiger partial charge in [0.15, 0.2) is 0 Å². The van der Waals surface area contributed by atoms with Crippen LogP contribution in [0.5, 0.6) is 0 Å². The van der Waals surface area contributed by atoms with E-state index in [0.29, 0.717) is 6.04 Å². The first-order valence-electron chi connectivity index (χ1n) is 6.85. The average molecular weight is 247 g/mol. The SMILES string of the molecule is Cc1cccc(C)c1N1CCC(N(C)CCN)C1. The van der Waals surface area contributed by atoms with Crippen LogP contribution in [0.3, 0.4) is 0 Å². The van der Waals surface area contributed by atoms with E-state index in [4.69, 9.17) is 5.73 Å². The van der Waals surface area contributed by atoms with Crippen molar-refractivity contribution in [3.63, 3.8) is 0 Å². The molecule has 100 valence electrons. The summed E-state index contributed by atoms with van der Waals surface area (Å²) in [5.74, 6) is 0. The lowest BCUT2D eigenvalue weighted by molar-refractivity contribution is 0.266. The van der Waals surface area contributed by atoms with E-state index < -0.39 is 0 Å². The largest absolute Gasteiger partial charge is 0.369 e. The molecule has 1 aromatic rings. The average Bonchev–Trinajstić information content (AvgIpc) is 2.78. The number of hydrogen-bond donors (Lipinski definition) is 1. The Balaban J connectivity index is 2.09. The highest BCUT2D eigenvalue weighted by Gasteiger charge is 2.26. The van der Waals surface area contributed by atoms with Crippen molar-refractivity contribution in [1.82, 2.24) is 4.90 Å². The van der Waals surface area contributed by atoms with Crippen molar-refractivity contribution in [3.8, 4) is 0 Å². The summed E-state index contributed by atoms with van der Waals surface area (Å²) in [5, 5.41) is 0. The van der Waals surface area contributed by atoms with Crippen molar-refractivity contribution < 1.29 is 0 Å². The Morgan fingerprint density at radius 3 is 2.61 bits per heavy atom. The first kappa shape index (κ1) is 13.4. The second-order valence-electron chi connectivity index (χ2n) is 5.40. The summed E-state index contributed by atoms with van der Waals surface area (Å²) in [4.78, 5) is 4.93. The van der Waals surface area contributed by atoms with E-state index in [-0.39, 0.29) is 0 Å². The third-order valence-electron chi connectivity index (χ3n) is 4.02. The molecule has 1 fully saturated rings. The molecule has 1 unspecified atom stereocenters. The number of nitrogens with two attached hydrogens (primary N) is 1. The summed E-state index contributed by atoms with van der Waals surface area (Å²) >= 11 is 0. The molecular formula is C15H25N3. The van der Waals surface area contributed by atoms with Gasteiger partial charge in [-0.2, -0.15) is 0 Å². The molecule has 0 saturated carbocycles. The van der Waals surface area contributed by atoms with Gasteiger partial charge in [-0.05, 0) is 38.4 Å². The highest BCUT2D eigenvalue weighted by Crippen LogP contribution is 2.28. The van der Waals surface area contributed by atoms with Crippen molar-refractivity contribution in [2.24, 2.45) is 5.73 Å². The molecule has 0 spiro atoms. The van der Waals surface area contributed by atoms with Gasteiger partial charge in [-0.1, -0.05) is 18.2 Å². The molecule has 3 heteroatoms. The Bertz CT molecular complexity index is 382. The fourth-order valence-electron chi connectivity index (χ4n) is 3.00. The fraction of sp³-hybridized carbons (Fsp3) is 0.600. The van der Waals surface area contributed by atoms with E-state index in [9.17, 15) is 0 Å². The van der Waals surface area contributed by atoms with Crippen LogP contribution in [-0.4, -0.2) is 44.2 Å². The third kappa shape index (κ3) is 2.68. The Labute approximate surface area is 111 Å². The van der Waals surface area contributed by atoms with Crippen molar-refractivity contribution in [2.75, 3.05) is 38.1 Å². The Hall–Kier alpha value is -1.06. The van der Waals surface area contributed by atoms with Crippen molar-refractivity contribution in [2.45, 2.75) is 26.3 Å². The molecule has 1 aliphatic heterocycles. The van der Waals surface area contributed by atoms with Gasteiger partial charge >= 0.3 is 0 Å². The molecule has 0 aromatic heterocycles. The van der Waals surface area contributed by atoms with Crippen molar-refractivity contribution in [3.05, 3.63) is 29.3 Å². The van der Waals surface area contributed by atoms with Gasteiger partial charge in [0.25, 0.3) is 0 Å². The Morgan fingerprint density at radius 2 is 2.00 bits per heavy atom. The van der Waals surface area contributed by atoms with Crippen LogP contribution in [0.2, 0.25) is 0 Å². The third-order valence-corrected chi connectivity index (χ3v) is 4.02. The lowest BCUT2D eigenvalue weighted by atomic mass is 10.1. The second kappa shape index (κ2) is 5.72. The van der Waals surface area contributed by atoms with Gasteiger partial charge < -0.3 is 15.5 Å². The highest BCUT2D eigenvalue weighted by molar-refractivity contribution is 5.59. The molecule has 1 saturated heterocycles. The van der Waals surface area contributed by atoms with E-state index >= 15 is 0 Å². The van der Waals surface area contributed by atoms with Gasteiger partial charge in [0.1, 0.15) is 0 Å². The van der Waals surface area contributed by atoms with Crippen LogP contribution >= 0.6 is 0 Å². The number of likely N-dealkylation sites (N-methyl/N-ethyl adjacent to an activating group) is 1. The molecule has 0 bridgehead atoms. The Morgan fingerprint density at radius 1 is 1.33 bits per heavy atom. The number of nitrogens with zero attached hydrogens (tertiary/aromatic N) is 2. The summed E-state index contributed by atoms with van der Waals surface area (Å²) in [6.07, 6.45) is 1.24. The first-order chi connectivity index (χ1) is 8.63. The molecule has 2 rings (SSSR count). The fourth-order valence-corrected chi connectivity index (χ4v) is 3.00. The normalized spacial score (nSPS) is 19.8. The molecule has 1 heterocycles. The number of hydrogen-bond acceptors (Lipinski definition) is 3. The van der Waals surface area contributed by atoms with Crippen molar-refractivity contribution >= 4 is 5.69 Å². The molecular weight excluding hydrogens is 222 g/mol. The number of rotatable bonds is 4. The van der Waals surface area contributed by atoms with Gasteiger partial charge in [0.05, 0.1) is 0 Å². The van der Waals surface area contributed by atoms with E-state index in [1.165, 1.54) is 23.2 Å². The van der Waals surface area contributed by atoms with Gasteiger partial charge in [-0.25, -0.2) is 0 Å². The van der Waals surface area contributed by atoms with Crippen LogP contribution in [0, 0.1) is 13.8 Å². The molecule has 0 radical (unpaired) electrons. The zero-order chi connectivity index (χ0) is 13.1. The van der Waals surface area contributed by atoms with Gasteiger partial charge in [0, 0.05) is 37.9 Å². The van der Waals surface area contributed by atoms with Crippen LogP contribution in [0.25, 0.3) is 0 Å². The quantitative estimate of drug-likeness (QED) is 0.880. The maximum absolute atomic E-state index is 5.64. The van der Waals surface area contributed by atoms with Crippen LogP contribution < -0.4 is 10.6 Å². The molecule has 0 aliphatic carbocycles. The maximum atomic E-state index is 5.64. The minimum absolute atomic E-state index is 0.646. The minimum Gasteiger partial charge on any atom is -0.369 e. The number of benzene rings is 1. The summed E-state index contributed by atoms with van der Waals surface area (Å²) in [5.41, 5.74) is 9.84. The highest BCUT2D eigenvalue weighted by atomic mass is 15.2. The zero-order valence-electron chi connectivity index (χ0n) is 11.8. The smallest absolute Gasteiger partial charge is 0.0426 e. The summed E-state index contributed by atoms with van der Waals surface area (Å²) in [6, 6.07) is 7.20. The summed E-state index contributed by atoms with van der Waals surface area (Å²) < 4.78 is 0. The number of para-hydroxylation sites is 1. The van der Waals surface area contributed by atoms with Crippen LogP contribution in [-0.2, 0) is 0 Å². The van der Waals surface area contributed by atoms with E-state index in [1.54, 1.807) is 0 Å². The predicted octanol–water partition coefficient (Wildman–Crippen LogP) is 1.77. The van der Waals surface area contributed by atoms with E-state index in [1.807, 2.05) is 0 Å². The topological polar surface area (TPSA) is 32.5 Å².